The third-order valence-electron chi connectivity index (χ3n) is 5.39. The Bertz CT molecular complexity index is 1600. The molecular formula is C24H15ClF6N6O2. The molecule has 2 aromatic heterocycles. The van der Waals surface area contributed by atoms with Gasteiger partial charge in [0.15, 0.2) is 5.82 Å². The molecule has 0 radical (unpaired) electrons. The molecule has 0 saturated carbocycles. The number of hydrogen-bond acceptors (Lipinski definition) is 7. The number of aliphatic imine (C=N–C) groups is 1. The fraction of sp³-hybridized carbons (Fsp3) is 0.167. The number of alkyl halides is 6. The van der Waals surface area contributed by atoms with Gasteiger partial charge in [0, 0.05) is 24.7 Å². The predicted molar refractivity (Wildman–Crippen MR) is 128 cm³/mol. The Hall–Kier alpha value is -4.33. The number of nitrogens with one attached hydrogen (secondary N) is 1. The lowest BCUT2D eigenvalue weighted by atomic mass is 10.1. The van der Waals surface area contributed by atoms with Gasteiger partial charge in [-0.2, -0.15) is 31.3 Å². The van der Waals surface area contributed by atoms with Crippen LogP contribution in [0.1, 0.15) is 22.5 Å². The molecular weight excluding hydrogens is 554 g/mol. The summed E-state index contributed by atoms with van der Waals surface area (Å²) in [6, 6.07) is 7.04. The van der Waals surface area contributed by atoms with E-state index in [0.29, 0.717) is 24.1 Å². The fourth-order valence-corrected chi connectivity index (χ4v) is 3.83. The van der Waals surface area contributed by atoms with Crippen LogP contribution >= 0.6 is 11.6 Å². The summed E-state index contributed by atoms with van der Waals surface area (Å²) in [6.07, 6.45) is -4.73. The van der Waals surface area contributed by atoms with Gasteiger partial charge >= 0.3 is 12.4 Å². The van der Waals surface area contributed by atoms with Crippen LogP contribution in [0.15, 0.2) is 59.9 Å². The van der Waals surface area contributed by atoms with Crippen LogP contribution in [0.4, 0.5) is 26.3 Å². The number of rotatable bonds is 6. The summed E-state index contributed by atoms with van der Waals surface area (Å²) >= 11 is 5.57. The number of aromatic nitrogens is 4. The highest BCUT2D eigenvalue weighted by Crippen LogP contribution is 2.41. The van der Waals surface area contributed by atoms with Crippen molar-refractivity contribution < 1.29 is 35.8 Å². The molecule has 0 unspecified atom stereocenters. The number of benzene rings is 2. The third-order valence-corrected chi connectivity index (χ3v) is 5.72. The quantitative estimate of drug-likeness (QED) is 0.281. The Kier molecular flexibility index (Phi) is 6.80. The average molecular weight is 569 g/mol. The van der Waals surface area contributed by atoms with Crippen molar-refractivity contribution in [2.24, 2.45) is 4.99 Å². The van der Waals surface area contributed by atoms with Crippen molar-refractivity contribution in [3.8, 4) is 17.4 Å². The first-order valence-electron chi connectivity index (χ1n) is 11.0. The lowest BCUT2D eigenvalue weighted by Gasteiger charge is -2.17. The van der Waals surface area contributed by atoms with E-state index in [4.69, 9.17) is 21.1 Å². The molecule has 0 amide bonds. The van der Waals surface area contributed by atoms with Gasteiger partial charge in [-0.15, -0.1) is 10.2 Å². The second-order valence-corrected chi connectivity index (χ2v) is 8.50. The van der Waals surface area contributed by atoms with E-state index < -0.39 is 40.0 Å². The van der Waals surface area contributed by atoms with E-state index in [2.05, 4.69) is 25.5 Å². The topological polar surface area (TPSA) is 85.9 Å². The van der Waals surface area contributed by atoms with Crippen molar-refractivity contribution in [3.63, 3.8) is 0 Å². The van der Waals surface area contributed by atoms with E-state index in [1.54, 1.807) is 23.0 Å². The van der Waals surface area contributed by atoms with Crippen LogP contribution in [-0.4, -0.2) is 32.5 Å². The molecule has 1 aliphatic heterocycles. The summed E-state index contributed by atoms with van der Waals surface area (Å²) in [5.74, 6) is -0.387. The summed E-state index contributed by atoms with van der Waals surface area (Å²) in [4.78, 5) is 8.31. The van der Waals surface area contributed by atoms with Gasteiger partial charge in [-0.1, -0.05) is 17.7 Å². The lowest BCUT2D eigenvalue weighted by Crippen LogP contribution is -2.12. The van der Waals surface area contributed by atoms with Crippen molar-refractivity contribution >= 4 is 29.2 Å². The van der Waals surface area contributed by atoms with Gasteiger partial charge in [-0.3, -0.25) is 9.39 Å². The van der Waals surface area contributed by atoms with Gasteiger partial charge in [-0.25, -0.2) is 0 Å². The molecule has 15 heteroatoms. The van der Waals surface area contributed by atoms with Crippen LogP contribution in [0.3, 0.4) is 0 Å². The molecule has 2 aromatic carbocycles. The van der Waals surface area contributed by atoms with Crippen LogP contribution in [0.2, 0.25) is 5.02 Å². The molecule has 0 spiro atoms. The number of hydrogen-bond donors (Lipinski definition) is 1. The first-order chi connectivity index (χ1) is 18.5. The number of fused-ring (bicyclic) bond motifs is 1. The van der Waals surface area contributed by atoms with Crippen LogP contribution < -0.4 is 14.8 Å². The summed E-state index contributed by atoms with van der Waals surface area (Å²) in [5, 5.41) is 10.4. The van der Waals surface area contributed by atoms with Crippen LogP contribution in [0.5, 0.6) is 17.4 Å². The zero-order valence-corrected chi connectivity index (χ0v) is 20.1. The number of halogens is 7. The molecule has 39 heavy (non-hydrogen) atoms. The minimum atomic E-state index is -4.87. The molecule has 3 heterocycles. The van der Waals surface area contributed by atoms with Crippen molar-refractivity contribution in [3.05, 3.63) is 82.4 Å². The second kappa shape index (κ2) is 10.1. The van der Waals surface area contributed by atoms with Crippen molar-refractivity contribution in [1.82, 2.24) is 24.9 Å². The first-order valence-corrected chi connectivity index (χ1v) is 11.4. The smallest absolute Gasteiger partial charge is 0.419 e. The normalized spacial score (nSPS) is 13.8. The van der Waals surface area contributed by atoms with Gasteiger partial charge in [0.25, 0.3) is 5.78 Å². The maximum Gasteiger partial charge on any atom is 0.419 e. The van der Waals surface area contributed by atoms with Crippen molar-refractivity contribution in [1.29, 1.82) is 0 Å². The molecule has 0 bridgehead atoms. The monoisotopic (exact) mass is 568 g/mol. The highest BCUT2D eigenvalue weighted by molar-refractivity contribution is 6.31. The average Bonchev–Trinajstić information content (AvgIpc) is 3.32. The Labute approximate surface area is 220 Å². The molecule has 1 aliphatic rings. The van der Waals surface area contributed by atoms with E-state index in [1.807, 2.05) is 0 Å². The highest BCUT2D eigenvalue weighted by Gasteiger charge is 2.36. The number of ether oxygens (including phenoxy) is 2. The molecule has 8 nitrogen and oxygen atoms in total. The van der Waals surface area contributed by atoms with E-state index in [0.717, 1.165) is 24.3 Å². The predicted octanol–water partition coefficient (Wildman–Crippen LogP) is 6.16. The molecule has 0 aliphatic carbocycles. The van der Waals surface area contributed by atoms with Crippen molar-refractivity contribution in [2.45, 2.75) is 19.0 Å². The molecule has 1 N–H and O–H groups in total. The minimum Gasteiger partial charge on any atom is -0.473 e. The zero-order valence-electron chi connectivity index (χ0n) is 19.4. The fourth-order valence-electron chi connectivity index (χ4n) is 3.61. The zero-order chi connectivity index (χ0) is 27.8. The Morgan fingerprint density at radius 2 is 1.74 bits per heavy atom. The van der Waals surface area contributed by atoms with Gasteiger partial charge in [0.05, 0.1) is 21.7 Å². The van der Waals surface area contributed by atoms with Crippen LogP contribution in [-0.2, 0) is 19.0 Å². The molecule has 4 aromatic rings. The van der Waals surface area contributed by atoms with E-state index in [9.17, 15) is 26.3 Å². The summed E-state index contributed by atoms with van der Waals surface area (Å²) in [7, 11) is 0. The lowest BCUT2D eigenvalue weighted by molar-refractivity contribution is -0.139. The van der Waals surface area contributed by atoms with Crippen LogP contribution in [0.25, 0.3) is 11.4 Å². The van der Waals surface area contributed by atoms with Gasteiger partial charge in [-0.05, 0) is 35.9 Å². The third kappa shape index (κ3) is 5.74. The van der Waals surface area contributed by atoms with E-state index >= 15 is 0 Å². The summed E-state index contributed by atoms with van der Waals surface area (Å²) in [6.45, 7) is 0.147. The van der Waals surface area contributed by atoms with Crippen molar-refractivity contribution in [2.75, 3.05) is 6.67 Å². The Morgan fingerprint density at radius 1 is 0.949 bits per heavy atom. The van der Waals surface area contributed by atoms with Gasteiger partial charge in [0.1, 0.15) is 24.8 Å². The molecule has 0 fully saturated rings. The first kappa shape index (κ1) is 26.3. The SMILES string of the molecule is FC(F)(F)c1cc(Oc2ccc(COc3ccn4c(C5=CNCN=C5)nnc4n3)cc2C(F)(F)F)ccc1Cl. The standard InChI is InChI=1S/C24H15ClF6N6O2/c25-18-3-2-15(8-16(18)23(26,27)28)39-19-4-1-13(7-17(19)24(29,30)31)11-38-20-5-6-37-21(35-36-22(37)34-20)14-9-32-12-33-10-14/h1-10,32H,11-12H2. The second-order valence-electron chi connectivity index (χ2n) is 8.09. The minimum absolute atomic E-state index is 0.0839. The molecule has 5 rings (SSSR count). The number of nitrogens with zero attached hydrogens (tertiary/aromatic N) is 5. The maximum absolute atomic E-state index is 13.8. The van der Waals surface area contributed by atoms with Gasteiger partial charge < -0.3 is 14.8 Å². The molecule has 0 saturated heterocycles. The Morgan fingerprint density at radius 3 is 2.46 bits per heavy atom. The molecule has 0 atom stereocenters. The highest BCUT2D eigenvalue weighted by atomic mass is 35.5. The van der Waals surface area contributed by atoms with E-state index in [1.165, 1.54) is 12.1 Å². The van der Waals surface area contributed by atoms with Gasteiger partial charge in [0.2, 0.25) is 5.88 Å². The van der Waals surface area contributed by atoms with Crippen LogP contribution in [0, 0.1) is 0 Å². The summed E-state index contributed by atoms with van der Waals surface area (Å²) in [5.41, 5.74) is -1.64. The largest absolute Gasteiger partial charge is 0.473 e. The Balaban J connectivity index is 1.35. The summed E-state index contributed by atoms with van der Waals surface area (Å²) < 4.78 is 93.1. The maximum atomic E-state index is 13.8. The number of allylic oxidation sites excluding steroid dienone is 1. The van der Waals surface area contributed by atoms with E-state index in [-0.39, 0.29) is 23.8 Å². The molecule has 202 valence electrons.